The fourth-order valence-corrected chi connectivity index (χ4v) is 1.86. The van der Waals surface area contributed by atoms with Gasteiger partial charge in [0, 0.05) is 7.11 Å². The number of ether oxygens (including phenoxy) is 1. The minimum absolute atomic E-state index is 0.486. The van der Waals surface area contributed by atoms with Gasteiger partial charge in [0.05, 0.1) is 6.61 Å². The van der Waals surface area contributed by atoms with Crippen molar-refractivity contribution in [1.82, 2.24) is 5.32 Å². The molecular weight excluding hydrogens is 164 g/mol. The Morgan fingerprint density at radius 1 is 1.31 bits per heavy atom. The summed E-state index contributed by atoms with van der Waals surface area (Å²) in [6.45, 7) is 5.53. The van der Waals surface area contributed by atoms with Gasteiger partial charge in [0.15, 0.2) is 0 Å². The largest absolute Gasteiger partial charge is 0.384 e. The summed E-state index contributed by atoms with van der Waals surface area (Å²) in [5, 5.41) is 3.38. The second-order valence-electron chi connectivity index (χ2n) is 3.54. The van der Waals surface area contributed by atoms with Gasteiger partial charge in [-0.1, -0.05) is 6.92 Å². The van der Waals surface area contributed by atoms with E-state index in [1.54, 1.807) is 7.11 Å². The van der Waals surface area contributed by atoms with Crippen LogP contribution in [0.2, 0.25) is 0 Å². The Bertz CT molecular complexity index is 106. The maximum atomic E-state index is 5.25. The number of hydrogen-bond donors (Lipinski definition) is 2. The lowest BCUT2D eigenvalue weighted by Crippen LogP contribution is -2.39. The van der Waals surface area contributed by atoms with Gasteiger partial charge in [0.1, 0.15) is 0 Å². The average molecular weight is 188 g/mol. The molecule has 0 atom stereocenters. The minimum Gasteiger partial charge on any atom is -0.384 e. The van der Waals surface area contributed by atoms with Crippen LogP contribution in [-0.4, -0.2) is 33.9 Å². The first-order valence-corrected chi connectivity index (χ1v) is 5.10. The second kappa shape index (κ2) is 7.30. The summed E-state index contributed by atoms with van der Waals surface area (Å²) >= 11 is 0. The van der Waals surface area contributed by atoms with Crippen molar-refractivity contribution in [1.29, 1.82) is 0 Å². The van der Waals surface area contributed by atoms with Crippen molar-refractivity contribution in [2.24, 2.45) is 11.1 Å². The first kappa shape index (κ1) is 12.9. The van der Waals surface area contributed by atoms with Crippen LogP contribution < -0.4 is 11.1 Å². The van der Waals surface area contributed by atoms with Gasteiger partial charge in [-0.05, 0) is 44.8 Å². The van der Waals surface area contributed by atoms with E-state index in [1.165, 1.54) is 26.3 Å². The van der Waals surface area contributed by atoms with Gasteiger partial charge >= 0.3 is 0 Å². The van der Waals surface area contributed by atoms with Crippen LogP contribution in [-0.2, 0) is 4.74 Å². The lowest BCUT2D eigenvalue weighted by atomic mass is 9.77. The van der Waals surface area contributed by atoms with E-state index in [0.717, 1.165) is 19.7 Å². The Hall–Kier alpha value is -0.120. The fourth-order valence-electron chi connectivity index (χ4n) is 1.86. The zero-order chi connectivity index (χ0) is 10.2. The molecule has 1 fully saturated rings. The highest BCUT2D eigenvalue weighted by atomic mass is 16.5. The smallest absolute Gasteiger partial charge is 0.0519 e. The zero-order valence-electron chi connectivity index (χ0n) is 9.23. The molecule has 0 bridgehead atoms. The van der Waals surface area contributed by atoms with Gasteiger partial charge in [-0.2, -0.15) is 0 Å². The molecule has 1 rings (SSSR count). The van der Waals surface area contributed by atoms with E-state index in [2.05, 4.69) is 18.0 Å². The van der Waals surface area contributed by atoms with Gasteiger partial charge in [-0.15, -0.1) is 0 Å². The molecular formula is C10H24N2O. The Balaban J connectivity index is 0.000000671. The molecule has 0 aromatic rings. The lowest BCUT2D eigenvalue weighted by molar-refractivity contribution is 0.0509. The molecule has 0 radical (unpaired) electrons. The summed E-state index contributed by atoms with van der Waals surface area (Å²) in [5.41, 5.74) is 4.99. The quantitative estimate of drug-likeness (QED) is 0.694. The summed E-state index contributed by atoms with van der Waals surface area (Å²) in [7, 11) is 3.31. The van der Waals surface area contributed by atoms with E-state index in [1.807, 2.05) is 0 Å². The van der Waals surface area contributed by atoms with Crippen molar-refractivity contribution in [2.75, 3.05) is 33.9 Å². The molecule has 3 nitrogen and oxygen atoms in total. The predicted octanol–water partition coefficient (Wildman–Crippen LogP) is 0.987. The van der Waals surface area contributed by atoms with E-state index in [9.17, 15) is 0 Å². The van der Waals surface area contributed by atoms with Gasteiger partial charge in [-0.25, -0.2) is 0 Å². The van der Waals surface area contributed by atoms with E-state index in [-0.39, 0.29) is 0 Å². The van der Waals surface area contributed by atoms with Crippen LogP contribution in [0.3, 0.4) is 0 Å². The first-order valence-electron chi connectivity index (χ1n) is 5.10. The number of nitrogens with two attached hydrogens (primary N) is 1. The predicted molar refractivity (Wildman–Crippen MR) is 56.8 cm³/mol. The van der Waals surface area contributed by atoms with E-state index in [4.69, 9.17) is 4.74 Å². The summed E-state index contributed by atoms with van der Waals surface area (Å²) in [4.78, 5) is 0. The molecule has 1 aliphatic heterocycles. The third-order valence-electron chi connectivity index (χ3n) is 2.86. The van der Waals surface area contributed by atoms with Crippen molar-refractivity contribution in [3.05, 3.63) is 0 Å². The third-order valence-corrected chi connectivity index (χ3v) is 2.86. The zero-order valence-corrected chi connectivity index (χ0v) is 9.23. The standard InChI is InChI=1S/C9H19NO.CH5N/c1-3-9(8-11-2)4-6-10-7-5-9;1-2/h10H,3-8H2,1-2H3;2H2,1H3. The number of piperidine rings is 1. The van der Waals surface area contributed by atoms with E-state index in [0.29, 0.717) is 5.41 Å². The lowest BCUT2D eigenvalue weighted by Gasteiger charge is -2.36. The first-order chi connectivity index (χ1) is 6.33. The number of rotatable bonds is 3. The summed E-state index contributed by atoms with van der Waals surface area (Å²) in [6, 6.07) is 0. The summed E-state index contributed by atoms with van der Waals surface area (Å²) < 4.78 is 5.25. The summed E-state index contributed by atoms with van der Waals surface area (Å²) in [6.07, 6.45) is 3.80. The molecule has 1 saturated heterocycles. The molecule has 13 heavy (non-hydrogen) atoms. The second-order valence-corrected chi connectivity index (χ2v) is 3.54. The highest BCUT2D eigenvalue weighted by Crippen LogP contribution is 2.32. The van der Waals surface area contributed by atoms with E-state index < -0.39 is 0 Å². The molecule has 0 aromatic heterocycles. The van der Waals surface area contributed by atoms with Crippen LogP contribution in [0.1, 0.15) is 26.2 Å². The molecule has 3 heteroatoms. The molecule has 0 aliphatic carbocycles. The molecule has 80 valence electrons. The normalized spacial score (nSPS) is 20.3. The molecule has 0 aromatic carbocycles. The molecule has 3 N–H and O–H groups in total. The fraction of sp³-hybridized carbons (Fsp3) is 1.00. The molecule has 0 spiro atoms. The molecule has 1 aliphatic rings. The molecule has 0 amide bonds. The molecule has 0 saturated carbocycles. The van der Waals surface area contributed by atoms with Crippen molar-refractivity contribution in [2.45, 2.75) is 26.2 Å². The maximum absolute atomic E-state index is 5.25. The van der Waals surface area contributed by atoms with E-state index >= 15 is 0 Å². The van der Waals surface area contributed by atoms with Crippen LogP contribution in [0.25, 0.3) is 0 Å². The number of nitrogens with one attached hydrogen (secondary N) is 1. The molecule has 1 heterocycles. The van der Waals surface area contributed by atoms with Gasteiger partial charge in [0.2, 0.25) is 0 Å². The van der Waals surface area contributed by atoms with Gasteiger partial charge < -0.3 is 15.8 Å². The topological polar surface area (TPSA) is 47.3 Å². The van der Waals surface area contributed by atoms with Gasteiger partial charge in [0.25, 0.3) is 0 Å². The monoisotopic (exact) mass is 188 g/mol. The van der Waals surface area contributed by atoms with Crippen LogP contribution in [0.15, 0.2) is 0 Å². The highest BCUT2D eigenvalue weighted by molar-refractivity contribution is 4.82. The Labute approximate surface area is 82.0 Å². The van der Waals surface area contributed by atoms with Crippen LogP contribution in [0.4, 0.5) is 0 Å². The van der Waals surface area contributed by atoms with Crippen molar-refractivity contribution < 1.29 is 4.74 Å². The summed E-state index contributed by atoms with van der Waals surface area (Å²) in [5.74, 6) is 0. The van der Waals surface area contributed by atoms with Crippen molar-refractivity contribution in [3.8, 4) is 0 Å². The van der Waals surface area contributed by atoms with Crippen LogP contribution in [0.5, 0.6) is 0 Å². The Morgan fingerprint density at radius 3 is 2.23 bits per heavy atom. The van der Waals surface area contributed by atoms with Crippen molar-refractivity contribution >= 4 is 0 Å². The Kier molecular flexibility index (Phi) is 7.23. The SMILES string of the molecule is CCC1(COC)CCNCC1.CN. The van der Waals surface area contributed by atoms with Crippen LogP contribution in [0, 0.1) is 5.41 Å². The van der Waals surface area contributed by atoms with Crippen LogP contribution >= 0.6 is 0 Å². The minimum atomic E-state index is 0.486. The third kappa shape index (κ3) is 4.07. The average Bonchev–Trinajstić information content (AvgIpc) is 2.23. The maximum Gasteiger partial charge on any atom is 0.0519 e. The number of methoxy groups -OCH3 is 1. The highest BCUT2D eigenvalue weighted by Gasteiger charge is 2.29. The Morgan fingerprint density at radius 2 is 1.85 bits per heavy atom. The van der Waals surface area contributed by atoms with Gasteiger partial charge in [-0.3, -0.25) is 0 Å². The van der Waals surface area contributed by atoms with Crippen molar-refractivity contribution in [3.63, 3.8) is 0 Å². The molecule has 0 unspecified atom stereocenters. The number of hydrogen-bond acceptors (Lipinski definition) is 3.